The number of carbonyl (C=O) groups excluding carboxylic acids is 1. The van der Waals surface area contributed by atoms with E-state index >= 15 is 0 Å². The molecule has 0 aromatic heterocycles. The van der Waals surface area contributed by atoms with Crippen molar-refractivity contribution in [1.29, 1.82) is 0 Å². The van der Waals surface area contributed by atoms with Gasteiger partial charge in [-0.25, -0.2) is 0 Å². The Bertz CT molecular complexity index is 574. The van der Waals surface area contributed by atoms with Crippen LogP contribution >= 0.6 is 0 Å². The van der Waals surface area contributed by atoms with Gasteiger partial charge in [-0.15, -0.1) is 0 Å². The first-order valence-corrected chi connectivity index (χ1v) is 8.40. The van der Waals surface area contributed by atoms with Crippen LogP contribution in [-0.4, -0.2) is 29.2 Å². The first kappa shape index (κ1) is 17.6. The summed E-state index contributed by atoms with van der Waals surface area (Å²) in [6, 6.07) is 9.95. The summed E-state index contributed by atoms with van der Waals surface area (Å²) in [5.74, 6) is -0.270. The molecule has 0 bridgehead atoms. The number of ether oxygens (including phenoxy) is 1. The van der Waals surface area contributed by atoms with Crippen LogP contribution in [0.2, 0.25) is 0 Å². The summed E-state index contributed by atoms with van der Waals surface area (Å²) in [4.78, 5) is 12.5. The van der Waals surface area contributed by atoms with Crippen molar-refractivity contribution in [2.75, 3.05) is 6.61 Å². The van der Waals surface area contributed by atoms with E-state index in [1.54, 1.807) is 13.0 Å². The molecule has 23 heavy (non-hydrogen) atoms. The molecule has 2 unspecified atom stereocenters. The van der Waals surface area contributed by atoms with Gasteiger partial charge in [0, 0.05) is 13.0 Å². The highest BCUT2D eigenvalue weighted by atomic mass is 16.5. The second-order valence-corrected chi connectivity index (χ2v) is 6.07. The predicted molar refractivity (Wildman–Crippen MR) is 93.1 cm³/mol. The highest BCUT2D eigenvalue weighted by molar-refractivity contribution is 5.94. The summed E-state index contributed by atoms with van der Waals surface area (Å²) >= 11 is 0. The normalized spacial score (nSPS) is 21.8. The minimum absolute atomic E-state index is 0.270. The molecule has 0 saturated carbocycles. The second kappa shape index (κ2) is 8.23. The molecule has 0 amide bonds. The average molecular weight is 314 g/mol. The van der Waals surface area contributed by atoms with E-state index in [9.17, 15) is 9.90 Å². The molecule has 3 heteroatoms. The highest BCUT2D eigenvalue weighted by Gasteiger charge is 2.37. The number of ketones is 1. The molecule has 0 aliphatic heterocycles. The van der Waals surface area contributed by atoms with Gasteiger partial charge in [0.2, 0.25) is 0 Å². The lowest BCUT2D eigenvalue weighted by Crippen LogP contribution is -2.44. The fraction of sp³-hybridized carbons (Fsp3) is 0.450. The summed E-state index contributed by atoms with van der Waals surface area (Å²) in [5, 5.41) is 10.6. The maximum Gasteiger partial charge on any atom is 0.196 e. The fourth-order valence-electron chi connectivity index (χ4n) is 2.70. The lowest BCUT2D eigenvalue weighted by molar-refractivity contribution is -0.144. The largest absolute Gasteiger partial charge is 0.377 e. The third-order valence-electron chi connectivity index (χ3n) is 4.19. The number of benzene rings is 1. The van der Waals surface area contributed by atoms with E-state index in [1.165, 1.54) is 0 Å². The Kier molecular flexibility index (Phi) is 6.31. The van der Waals surface area contributed by atoms with E-state index in [0.717, 1.165) is 30.4 Å². The summed E-state index contributed by atoms with van der Waals surface area (Å²) in [5.41, 5.74) is 0.657. The molecule has 3 nitrogen and oxygen atoms in total. The Morgan fingerprint density at radius 2 is 2.04 bits per heavy atom. The van der Waals surface area contributed by atoms with Gasteiger partial charge in [-0.05, 0) is 30.6 Å². The first-order chi connectivity index (χ1) is 11.1. The SMILES string of the molecule is CCCCCOC(C)C(=O)C1(O)C=CC(c2ccccc2)=CC1. The molecule has 0 radical (unpaired) electrons. The number of hydrogen-bond donors (Lipinski definition) is 1. The van der Waals surface area contributed by atoms with Crippen molar-refractivity contribution in [3.05, 3.63) is 54.1 Å². The Morgan fingerprint density at radius 1 is 1.30 bits per heavy atom. The van der Waals surface area contributed by atoms with Gasteiger partial charge in [0.25, 0.3) is 0 Å². The molecule has 1 aromatic carbocycles. The predicted octanol–water partition coefficient (Wildman–Crippen LogP) is 3.93. The Labute approximate surface area is 138 Å². The van der Waals surface area contributed by atoms with E-state index in [0.29, 0.717) is 6.61 Å². The van der Waals surface area contributed by atoms with E-state index in [-0.39, 0.29) is 12.2 Å². The maximum atomic E-state index is 12.5. The van der Waals surface area contributed by atoms with Crippen molar-refractivity contribution in [3.63, 3.8) is 0 Å². The second-order valence-electron chi connectivity index (χ2n) is 6.07. The lowest BCUT2D eigenvalue weighted by atomic mass is 9.85. The number of unbranched alkanes of at least 4 members (excludes halogenated alkanes) is 2. The summed E-state index contributed by atoms with van der Waals surface area (Å²) in [7, 11) is 0. The van der Waals surface area contributed by atoms with Crippen LogP contribution in [0, 0.1) is 0 Å². The van der Waals surface area contributed by atoms with Crippen molar-refractivity contribution in [3.8, 4) is 0 Å². The van der Waals surface area contributed by atoms with Gasteiger partial charge >= 0.3 is 0 Å². The van der Waals surface area contributed by atoms with E-state index < -0.39 is 11.7 Å². The molecule has 1 N–H and O–H groups in total. The molecule has 0 fully saturated rings. The van der Waals surface area contributed by atoms with Crippen LogP contribution < -0.4 is 0 Å². The average Bonchev–Trinajstić information content (AvgIpc) is 2.59. The zero-order valence-corrected chi connectivity index (χ0v) is 14.0. The molecular weight excluding hydrogens is 288 g/mol. The van der Waals surface area contributed by atoms with E-state index in [4.69, 9.17) is 4.74 Å². The Balaban J connectivity index is 1.95. The van der Waals surface area contributed by atoms with Gasteiger partial charge < -0.3 is 9.84 Å². The lowest BCUT2D eigenvalue weighted by Gasteiger charge is -2.28. The van der Waals surface area contributed by atoms with Crippen LogP contribution in [0.5, 0.6) is 0 Å². The molecule has 2 rings (SSSR count). The third kappa shape index (κ3) is 4.63. The molecule has 0 saturated heterocycles. The number of rotatable bonds is 8. The van der Waals surface area contributed by atoms with Crippen LogP contribution in [-0.2, 0) is 9.53 Å². The summed E-state index contributed by atoms with van der Waals surface area (Å²) in [6.45, 7) is 4.41. The molecule has 124 valence electrons. The monoisotopic (exact) mass is 314 g/mol. The fourth-order valence-corrected chi connectivity index (χ4v) is 2.70. The molecule has 1 aromatic rings. The molecule has 0 heterocycles. The summed E-state index contributed by atoms with van der Waals surface area (Å²) in [6.07, 6.45) is 8.18. The molecule has 0 spiro atoms. The van der Waals surface area contributed by atoms with Crippen molar-refractivity contribution < 1.29 is 14.6 Å². The van der Waals surface area contributed by atoms with Crippen LogP contribution in [0.25, 0.3) is 5.57 Å². The van der Waals surface area contributed by atoms with Crippen LogP contribution in [0.15, 0.2) is 48.6 Å². The van der Waals surface area contributed by atoms with Gasteiger partial charge in [-0.3, -0.25) is 4.79 Å². The number of allylic oxidation sites excluding steroid dienone is 2. The minimum Gasteiger partial charge on any atom is -0.377 e. The minimum atomic E-state index is -1.46. The van der Waals surface area contributed by atoms with Crippen molar-refractivity contribution in [2.24, 2.45) is 0 Å². The third-order valence-corrected chi connectivity index (χ3v) is 4.19. The van der Waals surface area contributed by atoms with E-state index in [1.807, 2.05) is 42.5 Å². The number of carbonyl (C=O) groups is 1. The van der Waals surface area contributed by atoms with Gasteiger partial charge in [-0.1, -0.05) is 62.2 Å². The van der Waals surface area contributed by atoms with Crippen molar-refractivity contribution >= 4 is 11.4 Å². The zero-order valence-electron chi connectivity index (χ0n) is 14.0. The quantitative estimate of drug-likeness (QED) is 0.740. The van der Waals surface area contributed by atoms with Gasteiger partial charge in [0.15, 0.2) is 5.78 Å². The van der Waals surface area contributed by atoms with E-state index in [2.05, 4.69) is 6.92 Å². The maximum absolute atomic E-state index is 12.5. The Hall–Kier alpha value is -1.71. The Morgan fingerprint density at radius 3 is 2.65 bits per heavy atom. The topological polar surface area (TPSA) is 46.5 Å². The van der Waals surface area contributed by atoms with Crippen molar-refractivity contribution in [2.45, 2.75) is 51.2 Å². The molecular formula is C20H26O3. The van der Waals surface area contributed by atoms with Crippen LogP contribution in [0.4, 0.5) is 0 Å². The van der Waals surface area contributed by atoms with Crippen LogP contribution in [0.1, 0.15) is 45.1 Å². The first-order valence-electron chi connectivity index (χ1n) is 8.40. The molecule has 1 aliphatic rings. The van der Waals surface area contributed by atoms with Gasteiger partial charge in [0.05, 0.1) is 0 Å². The number of Topliss-reactive ketones (excluding diaryl/α,β-unsaturated/α-hetero) is 1. The number of hydrogen-bond acceptors (Lipinski definition) is 3. The van der Waals surface area contributed by atoms with Gasteiger partial charge in [-0.2, -0.15) is 0 Å². The molecule has 2 atom stereocenters. The smallest absolute Gasteiger partial charge is 0.196 e. The van der Waals surface area contributed by atoms with Gasteiger partial charge in [0.1, 0.15) is 11.7 Å². The zero-order chi connectivity index (χ0) is 16.7. The highest BCUT2D eigenvalue weighted by Crippen LogP contribution is 2.28. The molecule has 1 aliphatic carbocycles. The summed E-state index contributed by atoms with van der Waals surface area (Å²) < 4.78 is 5.57. The van der Waals surface area contributed by atoms with Crippen LogP contribution in [0.3, 0.4) is 0 Å². The standard InChI is InChI=1S/C20H26O3/c1-3-4-8-15-23-16(2)19(21)20(22)13-11-18(12-14-20)17-9-6-5-7-10-17/h5-7,9-13,16,22H,3-4,8,14-15H2,1-2H3. The van der Waals surface area contributed by atoms with Crippen molar-refractivity contribution in [1.82, 2.24) is 0 Å². The number of aliphatic hydroxyl groups is 1.